The van der Waals surface area contributed by atoms with E-state index in [1.165, 1.54) is 5.56 Å². The second kappa shape index (κ2) is 8.18. The van der Waals surface area contributed by atoms with Gasteiger partial charge in [-0.1, -0.05) is 24.3 Å². The molecule has 0 radical (unpaired) electrons. The SMILES string of the molecule is CO[Si](C)(CO)Cc1ccc(C[Si](OC)(OC)OC)cc1. The minimum atomic E-state index is -2.59. The molecule has 0 bridgehead atoms. The van der Waals surface area contributed by atoms with Crippen molar-refractivity contribution in [2.24, 2.45) is 0 Å². The summed E-state index contributed by atoms with van der Waals surface area (Å²) < 4.78 is 21.8. The van der Waals surface area contributed by atoms with Crippen LogP contribution in [0.1, 0.15) is 11.1 Å². The van der Waals surface area contributed by atoms with E-state index in [0.29, 0.717) is 6.04 Å². The fourth-order valence-electron chi connectivity index (χ4n) is 2.12. The molecule has 0 aliphatic carbocycles. The predicted octanol–water partition coefficient (Wildman–Crippen LogP) is 1.48. The maximum atomic E-state index is 9.44. The van der Waals surface area contributed by atoms with Crippen LogP contribution in [0.3, 0.4) is 0 Å². The smallest absolute Gasteiger partial charge is 0.418 e. The molecule has 0 saturated heterocycles. The molecule has 21 heavy (non-hydrogen) atoms. The lowest BCUT2D eigenvalue weighted by molar-refractivity contribution is 0.122. The van der Waals surface area contributed by atoms with Crippen LogP contribution in [0.4, 0.5) is 0 Å². The molecule has 0 spiro atoms. The maximum Gasteiger partial charge on any atom is 0.504 e. The highest BCUT2D eigenvalue weighted by atomic mass is 28.4. The lowest BCUT2D eigenvalue weighted by Gasteiger charge is -2.25. The van der Waals surface area contributed by atoms with Gasteiger partial charge in [0.15, 0.2) is 0 Å². The molecule has 0 heterocycles. The van der Waals surface area contributed by atoms with Gasteiger partial charge < -0.3 is 22.8 Å². The normalized spacial score (nSPS) is 15.0. The van der Waals surface area contributed by atoms with E-state index >= 15 is 0 Å². The van der Waals surface area contributed by atoms with Gasteiger partial charge in [0.25, 0.3) is 0 Å². The van der Waals surface area contributed by atoms with Crippen LogP contribution in [-0.2, 0) is 29.8 Å². The first-order chi connectivity index (χ1) is 9.96. The van der Waals surface area contributed by atoms with E-state index < -0.39 is 17.1 Å². The number of hydrogen-bond donors (Lipinski definition) is 1. The Balaban J connectivity index is 2.79. The van der Waals surface area contributed by atoms with E-state index in [2.05, 4.69) is 24.3 Å². The maximum absolute atomic E-state index is 9.44. The van der Waals surface area contributed by atoms with Gasteiger partial charge in [0.1, 0.15) is 0 Å². The molecule has 1 rings (SSSR count). The van der Waals surface area contributed by atoms with Crippen molar-refractivity contribution >= 4 is 17.1 Å². The average molecular weight is 331 g/mol. The molecule has 5 nitrogen and oxygen atoms in total. The minimum absolute atomic E-state index is 0.123. The summed E-state index contributed by atoms with van der Waals surface area (Å²) in [5, 5.41) is 9.44. The van der Waals surface area contributed by atoms with Crippen LogP contribution >= 0.6 is 0 Å². The number of rotatable bonds is 9. The van der Waals surface area contributed by atoms with E-state index in [9.17, 15) is 5.11 Å². The first-order valence-electron chi connectivity index (χ1n) is 6.85. The predicted molar refractivity (Wildman–Crippen MR) is 86.3 cm³/mol. The lowest BCUT2D eigenvalue weighted by Crippen LogP contribution is -2.45. The molecule has 0 aliphatic rings. The molecule has 1 aromatic rings. The number of aliphatic hydroxyl groups is 1. The molecule has 0 amide bonds. The van der Waals surface area contributed by atoms with Crippen molar-refractivity contribution < 1.29 is 22.8 Å². The second-order valence-corrected chi connectivity index (χ2v) is 12.2. The number of aliphatic hydroxyl groups excluding tert-OH is 1. The van der Waals surface area contributed by atoms with Crippen LogP contribution in [0.2, 0.25) is 6.55 Å². The minimum Gasteiger partial charge on any atom is -0.418 e. The van der Waals surface area contributed by atoms with Gasteiger partial charge in [0, 0.05) is 34.5 Å². The van der Waals surface area contributed by atoms with Gasteiger partial charge in [-0.05, 0) is 23.7 Å². The van der Waals surface area contributed by atoms with Crippen molar-refractivity contribution in [1.82, 2.24) is 0 Å². The van der Waals surface area contributed by atoms with Gasteiger partial charge in [0.05, 0.1) is 6.23 Å². The van der Waals surface area contributed by atoms with E-state index in [0.717, 1.165) is 11.6 Å². The molecular formula is C14H26O5Si2. The summed E-state index contributed by atoms with van der Waals surface area (Å²) in [6.45, 7) is 2.03. The highest BCUT2D eigenvalue weighted by molar-refractivity contribution is 6.71. The lowest BCUT2D eigenvalue weighted by atomic mass is 10.2. The Morgan fingerprint density at radius 2 is 1.24 bits per heavy atom. The van der Waals surface area contributed by atoms with Crippen LogP contribution in [0.25, 0.3) is 0 Å². The third kappa shape index (κ3) is 4.99. The summed E-state index contributed by atoms with van der Waals surface area (Å²) in [6.07, 6.45) is 0.123. The van der Waals surface area contributed by atoms with Crippen molar-refractivity contribution in [2.45, 2.75) is 18.6 Å². The Morgan fingerprint density at radius 1 is 0.810 bits per heavy atom. The van der Waals surface area contributed by atoms with E-state index in [4.69, 9.17) is 17.7 Å². The number of hydrogen-bond acceptors (Lipinski definition) is 5. The standard InChI is InChI=1S/C14H26O5Si2/c1-16-20(5,12-15)10-13-6-8-14(9-7-13)11-21(17-2,18-3)19-4/h6-9,15H,10-12H2,1-5H3. The topological polar surface area (TPSA) is 57.2 Å². The zero-order valence-corrected chi connectivity index (χ0v) is 15.5. The summed E-state index contributed by atoms with van der Waals surface area (Å²) in [5.41, 5.74) is 2.28. The van der Waals surface area contributed by atoms with Crippen LogP contribution in [0, 0.1) is 0 Å². The Kier molecular flexibility index (Phi) is 7.21. The molecule has 0 saturated carbocycles. The quantitative estimate of drug-likeness (QED) is 0.695. The third-order valence-electron chi connectivity index (χ3n) is 3.78. The molecular weight excluding hydrogens is 304 g/mol. The fourth-order valence-corrected chi connectivity index (χ4v) is 5.27. The molecule has 1 unspecified atom stereocenters. The van der Waals surface area contributed by atoms with Gasteiger partial charge in [-0.25, -0.2) is 0 Å². The van der Waals surface area contributed by atoms with Crippen molar-refractivity contribution in [2.75, 3.05) is 34.7 Å². The Labute approximate surface area is 129 Å². The van der Waals surface area contributed by atoms with Gasteiger partial charge in [-0.2, -0.15) is 0 Å². The first-order valence-corrected chi connectivity index (χ1v) is 11.6. The summed E-state index contributed by atoms with van der Waals surface area (Å²) >= 11 is 0. The Morgan fingerprint density at radius 3 is 1.57 bits per heavy atom. The zero-order chi connectivity index (χ0) is 15.9. The molecule has 0 aliphatic heterocycles. The van der Waals surface area contributed by atoms with Crippen molar-refractivity contribution in [3.63, 3.8) is 0 Å². The van der Waals surface area contributed by atoms with Crippen LogP contribution in [-0.4, -0.2) is 56.9 Å². The molecule has 7 heteroatoms. The largest absolute Gasteiger partial charge is 0.504 e. The van der Waals surface area contributed by atoms with E-state index in [1.54, 1.807) is 28.4 Å². The summed E-state index contributed by atoms with van der Waals surface area (Å²) in [5.74, 6) is 0. The van der Waals surface area contributed by atoms with Crippen molar-refractivity contribution in [3.05, 3.63) is 35.4 Å². The molecule has 1 aromatic carbocycles. The molecule has 1 N–H and O–H groups in total. The van der Waals surface area contributed by atoms with Crippen molar-refractivity contribution in [3.8, 4) is 0 Å². The Bertz CT molecular complexity index is 408. The van der Waals surface area contributed by atoms with Crippen LogP contribution in [0.15, 0.2) is 24.3 Å². The van der Waals surface area contributed by atoms with Crippen LogP contribution in [0.5, 0.6) is 0 Å². The summed E-state index contributed by atoms with van der Waals surface area (Å²) in [6, 6.07) is 9.66. The zero-order valence-electron chi connectivity index (χ0n) is 13.5. The average Bonchev–Trinajstić information content (AvgIpc) is 2.54. The molecule has 0 fully saturated rings. The van der Waals surface area contributed by atoms with Crippen LogP contribution < -0.4 is 0 Å². The second-order valence-electron chi connectivity index (χ2n) is 5.28. The van der Waals surface area contributed by atoms with Gasteiger partial charge in [0.2, 0.25) is 8.32 Å². The monoisotopic (exact) mass is 330 g/mol. The third-order valence-corrected chi connectivity index (χ3v) is 9.30. The van der Waals surface area contributed by atoms with E-state index in [-0.39, 0.29) is 6.23 Å². The highest BCUT2D eigenvalue weighted by Crippen LogP contribution is 2.17. The highest BCUT2D eigenvalue weighted by Gasteiger charge is 2.38. The van der Waals surface area contributed by atoms with Gasteiger partial charge in [-0.3, -0.25) is 0 Å². The van der Waals surface area contributed by atoms with Gasteiger partial charge in [-0.15, -0.1) is 0 Å². The summed E-state index contributed by atoms with van der Waals surface area (Å²) in [7, 11) is 1.89. The summed E-state index contributed by atoms with van der Waals surface area (Å²) in [4.78, 5) is 0. The fraction of sp³-hybridized carbons (Fsp3) is 0.571. The van der Waals surface area contributed by atoms with Crippen molar-refractivity contribution in [1.29, 1.82) is 0 Å². The molecule has 1 atom stereocenters. The Hall–Kier alpha value is -0.546. The van der Waals surface area contributed by atoms with E-state index in [1.807, 2.05) is 6.55 Å². The first kappa shape index (κ1) is 18.5. The van der Waals surface area contributed by atoms with Gasteiger partial charge >= 0.3 is 8.80 Å². The molecule has 0 aromatic heterocycles. The number of benzene rings is 1. The molecule has 120 valence electrons.